The van der Waals surface area contributed by atoms with Gasteiger partial charge in [0.2, 0.25) is 0 Å². The number of carbonyl (C=O) groups excluding carboxylic acids is 2. The molecule has 0 heterocycles. The summed E-state index contributed by atoms with van der Waals surface area (Å²) in [6.07, 6.45) is 12.6. The van der Waals surface area contributed by atoms with E-state index in [1.165, 1.54) is 49.5 Å². The summed E-state index contributed by atoms with van der Waals surface area (Å²) in [5, 5.41) is 0.795. The van der Waals surface area contributed by atoms with E-state index in [-0.39, 0.29) is 38.6 Å². The Labute approximate surface area is 313 Å². The summed E-state index contributed by atoms with van der Waals surface area (Å²) in [7, 11) is -0.831. The van der Waals surface area contributed by atoms with Crippen molar-refractivity contribution in [3.63, 3.8) is 0 Å². The van der Waals surface area contributed by atoms with Crippen molar-refractivity contribution in [1.82, 2.24) is 0 Å². The predicted molar refractivity (Wildman–Crippen MR) is 212 cm³/mol. The van der Waals surface area contributed by atoms with Crippen LogP contribution >= 0.6 is 15.9 Å². The van der Waals surface area contributed by atoms with Crippen molar-refractivity contribution in [1.29, 1.82) is 0 Å². The van der Waals surface area contributed by atoms with E-state index in [1.54, 1.807) is 0 Å². The van der Waals surface area contributed by atoms with Crippen LogP contribution in [0.3, 0.4) is 0 Å². The number of esters is 1. The van der Waals surface area contributed by atoms with Gasteiger partial charge in [-0.1, -0.05) is 102 Å². The number of ether oxygens (including phenoxy) is 1. The maximum Gasteiger partial charge on any atom is 0.337 e. The lowest BCUT2D eigenvalue weighted by Crippen LogP contribution is -2.66. The van der Waals surface area contributed by atoms with E-state index in [1.807, 2.05) is 12.1 Å². The molecule has 4 nitrogen and oxygen atoms in total. The maximum absolute atomic E-state index is 14.7. The number of benzene rings is 1. The zero-order chi connectivity index (χ0) is 36.9. The van der Waals surface area contributed by atoms with Gasteiger partial charge in [-0.25, -0.2) is 4.79 Å². The van der Waals surface area contributed by atoms with Gasteiger partial charge in [0.15, 0.2) is 0 Å². The van der Waals surface area contributed by atoms with Crippen molar-refractivity contribution in [2.45, 2.75) is 131 Å². The van der Waals surface area contributed by atoms with E-state index in [2.05, 4.69) is 109 Å². The fraction of sp³-hybridized carbons (Fsp3) is 0.727. The molecule has 6 heteroatoms. The standard InChI is InChI=1S/C44H65BrO4Si/c1-28(27-45)31-19-24-44(38(47)49-50(11,12)39(2,3)4)26-25-42(8)33(36(31)44)17-18-35-41(7)22-20-32(29-13-15-30(16-14-29)37(46)48-10)40(5,6)34(41)21-23-43(35,42)9/h13-16,20,31,33-36H,1,17-19,21-27H2,2-12H3. The number of carbonyl (C=O) groups is 2. The van der Waals surface area contributed by atoms with Crippen molar-refractivity contribution in [3.8, 4) is 0 Å². The monoisotopic (exact) mass is 764 g/mol. The fourth-order valence-electron chi connectivity index (χ4n) is 13.0. The van der Waals surface area contributed by atoms with Crippen LogP contribution < -0.4 is 0 Å². The third kappa shape index (κ3) is 5.36. The molecule has 5 aliphatic rings. The minimum atomic E-state index is -2.27. The molecule has 0 spiro atoms. The van der Waals surface area contributed by atoms with Crippen molar-refractivity contribution >= 4 is 41.8 Å². The second-order valence-corrected chi connectivity index (χ2v) is 25.3. The van der Waals surface area contributed by atoms with Gasteiger partial charge in [-0.3, -0.25) is 4.79 Å². The van der Waals surface area contributed by atoms with Crippen LogP contribution in [0.2, 0.25) is 18.1 Å². The van der Waals surface area contributed by atoms with E-state index in [0.29, 0.717) is 35.2 Å². The Morgan fingerprint density at radius 2 is 1.56 bits per heavy atom. The van der Waals surface area contributed by atoms with E-state index < -0.39 is 13.7 Å². The summed E-state index contributed by atoms with van der Waals surface area (Å²) in [5.74, 6) is 2.18. The highest BCUT2D eigenvalue weighted by atomic mass is 79.9. The highest BCUT2D eigenvalue weighted by molar-refractivity contribution is 9.09. The lowest BCUT2D eigenvalue weighted by Gasteiger charge is -2.72. The number of fused-ring (bicyclic) bond motifs is 7. The summed E-state index contributed by atoms with van der Waals surface area (Å²) in [6.45, 7) is 28.7. The third-order valence-electron chi connectivity index (χ3n) is 16.9. The highest BCUT2D eigenvalue weighted by Crippen LogP contribution is 2.78. The zero-order valence-electron chi connectivity index (χ0n) is 33.1. The van der Waals surface area contributed by atoms with Gasteiger partial charge in [0, 0.05) is 5.33 Å². The number of halogens is 1. The first-order valence-corrected chi connectivity index (χ1v) is 23.5. The molecule has 4 fully saturated rings. The fourth-order valence-corrected chi connectivity index (χ4v) is 14.4. The molecule has 50 heavy (non-hydrogen) atoms. The molecule has 0 amide bonds. The van der Waals surface area contributed by atoms with Crippen LogP contribution in [0.1, 0.15) is 129 Å². The smallest absolute Gasteiger partial charge is 0.337 e. The van der Waals surface area contributed by atoms with Crippen LogP contribution in [0.25, 0.3) is 5.57 Å². The van der Waals surface area contributed by atoms with Crippen LogP contribution in [-0.2, 0) is 14.0 Å². The molecule has 276 valence electrons. The number of hydrogen-bond donors (Lipinski definition) is 0. The van der Waals surface area contributed by atoms with Crippen molar-refractivity contribution in [3.05, 3.63) is 53.6 Å². The minimum Gasteiger partial charge on any atom is -0.519 e. The largest absolute Gasteiger partial charge is 0.519 e. The summed E-state index contributed by atoms with van der Waals surface area (Å²) >= 11 is 3.79. The lowest BCUT2D eigenvalue weighted by molar-refractivity contribution is -0.227. The Kier molecular flexibility index (Phi) is 9.48. The zero-order valence-corrected chi connectivity index (χ0v) is 35.6. The van der Waals surface area contributed by atoms with Crippen LogP contribution in [0.4, 0.5) is 0 Å². The second-order valence-electron chi connectivity index (χ2n) is 20.0. The van der Waals surface area contributed by atoms with Crippen LogP contribution in [0, 0.1) is 56.7 Å². The summed E-state index contributed by atoms with van der Waals surface area (Å²) < 4.78 is 11.7. The second kappa shape index (κ2) is 12.5. The molecular weight excluding hydrogens is 700 g/mol. The summed E-state index contributed by atoms with van der Waals surface area (Å²) in [4.78, 5) is 26.9. The first-order valence-electron chi connectivity index (χ1n) is 19.5. The molecule has 0 saturated heterocycles. The van der Waals surface area contributed by atoms with Crippen molar-refractivity contribution in [2.24, 2.45) is 56.7 Å². The number of rotatable bonds is 6. The van der Waals surface area contributed by atoms with Gasteiger partial charge in [-0.05, 0) is 150 Å². The average Bonchev–Trinajstić information content (AvgIpc) is 3.44. The van der Waals surface area contributed by atoms with Gasteiger partial charge in [0.05, 0.1) is 18.1 Å². The SMILES string of the molecule is C=C(CBr)C1CCC2(C(=O)O[Si](C)(C)C(C)(C)C)CCC3(C)C(CCC4C5(C)CC=C(c6ccc(C(=O)OC)cc6)C(C)(C)C5CCC43C)C12. The molecule has 9 atom stereocenters. The first kappa shape index (κ1) is 38.1. The van der Waals surface area contributed by atoms with Gasteiger partial charge in [-0.2, -0.15) is 0 Å². The molecule has 6 rings (SSSR count). The van der Waals surface area contributed by atoms with Gasteiger partial charge >= 0.3 is 5.97 Å². The molecule has 9 unspecified atom stereocenters. The Balaban J connectivity index is 1.35. The van der Waals surface area contributed by atoms with Crippen molar-refractivity contribution in [2.75, 3.05) is 12.4 Å². The van der Waals surface area contributed by atoms with Crippen LogP contribution in [-0.4, -0.2) is 32.7 Å². The highest BCUT2D eigenvalue weighted by Gasteiger charge is 2.72. The first-order chi connectivity index (χ1) is 23.1. The predicted octanol–water partition coefficient (Wildman–Crippen LogP) is 12.0. The summed E-state index contributed by atoms with van der Waals surface area (Å²) in [5.41, 5.74) is 4.69. The van der Waals surface area contributed by atoms with Gasteiger partial charge in [-0.15, -0.1) is 0 Å². The molecule has 1 aromatic rings. The number of alkyl halides is 1. The van der Waals surface area contributed by atoms with E-state index >= 15 is 0 Å². The maximum atomic E-state index is 14.7. The van der Waals surface area contributed by atoms with E-state index in [4.69, 9.17) is 9.16 Å². The molecule has 0 radical (unpaired) electrons. The Morgan fingerprint density at radius 3 is 2.16 bits per heavy atom. The summed E-state index contributed by atoms with van der Waals surface area (Å²) in [6, 6.07) is 8.06. The lowest BCUT2D eigenvalue weighted by atomic mass is 9.32. The Bertz CT molecular complexity index is 1570. The van der Waals surface area contributed by atoms with Crippen LogP contribution in [0.5, 0.6) is 0 Å². The van der Waals surface area contributed by atoms with Gasteiger partial charge in [0.1, 0.15) is 0 Å². The molecule has 0 N–H and O–H groups in total. The number of allylic oxidation sites excluding steroid dienone is 3. The number of methoxy groups -OCH3 is 1. The number of hydrogen-bond acceptors (Lipinski definition) is 4. The normalized spacial score (nSPS) is 39.2. The quantitative estimate of drug-likeness (QED) is 0.125. The van der Waals surface area contributed by atoms with Gasteiger partial charge in [0.25, 0.3) is 14.3 Å². The topological polar surface area (TPSA) is 52.6 Å². The molecule has 0 aliphatic heterocycles. The molecule has 0 aromatic heterocycles. The Hall–Kier alpha value is -1.66. The Morgan fingerprint density at radius 1 is 0.900 bits per heavy atom. The molecule has 0 bridgehead atoms. The third-order valence-corrected chi connectivity index (χ3v) is 21.9. The van der Waals surface area contributed by atoms with Gasteiger partial charge < -0.3 is 9.16 Å². The van der Waals surface area contributed by atoms with E-state index in [9.17, 15) is 9.59 Å². The van der Waals surface area contributed by atoms with E-state index in [0.717, 1.165) is 37.4 Å². The minimum absolute atomic E-state index is 0.0103. The molecular formula is C44H65BrO4Si. The molecule has 4 saturated carbocycles. The van der Waals surface area contributed by atoms with Crippen LogP contribution in [0.15, 0.2) is 42.5 Å². The van der Waals surface area contributed by atoms with Crippen molar-refractivity contribution < 1.29 is 18.8 Å². The molecule has 1 aromatic carbocycles. The average molecular weight is 766 g/mol. The molecule has 5 aliphatic carbocycles.